The highest BCUT2D eigenvalue weighted by atomic mass is 32.2. The SMILES string of the molecule is CCOC(=O)Cc1c(C)c(Sc2ccc(-c3nccn3C)cc2)n2cc(F)ccc12. The quantitative estimate of drug-likeness (QED) is 0.408. The second-order valence-electron chi connectivity index (χ2n) is 6.98. The van der Waals surface area contributed by atoms with Crippen LogP contribution in [-0.2, 0) is 23.0 Å². The van der Waals surface area contributed by atoms with Crippen molar-refractivity contribution >= 4 is 23.2 Å². The molecule has 0 amide bonds. The topological polar surface area (TPSA) is 48.5 Å². The average molecular weight is 424 g/mol. The Morgan fingerprint density at radius 3 is 2.63 bits per heavy atom. The summed E-state index contributed by atoms with van der Waals surface area (Å²) in [6, 6.07) is 11.2. The molecule has 3 heterocycles. The molecule has 0 radical (unpaired) electrons. The number of pyridine rings is 1. The number of aryl methyl sites for hydroxylation is 1. The van der Waals surface area contributed by atoms with E-state index in [1.165, 1.54) is 12.3 Å². The standard InChI is InChI=1S/C23H22FN3O2S/c1-4-29-21(28)13-19-15(2)23(27-14-17(24)7-10-20(19)27)30-18-8-5-16(6-9-18)22-25-11-12-26(22)3/h5-12,14H,4,13H2,1-3H3. The number of imidazole rings is 1. The van der Waals surface area contributed by atoms with E-state index in [9.17, 15) is 9.18 Å². The number of hydrogen-bond donors (Lipinski definition) is 0. The highest BCUT2D eigenvalue weighted by Crippen LogP contribution is 2.36. The van der Waals surface area contributed by atoms with Crippen molar-refractivity contribution in [2.75, 3.05) is 6.61 Å². The lowest BCUT2D eigenvalue weighted by Gasteiger charge is -2.06. The zero-order chi connectivity index (χ0) is 21.3. The van der Waals surface area contributed by atoms with Crippen LogP contribution in [0.25, 0.3) is 16.9 Å². The van der Waals surface area contributed by atoms with Crippen LogP contribution in [0.1, 0.15) is 18.1 Å². The molecule has 0 aliphatic rings. The molecule has 0 bridgehead atoms. The van der Waals surface area contributed by atoms with E-state index < -0.39 is 0 Å². The number of hydrogen-bond acceptors (Lipinski definition) is 4. The molecular weight excluding hydrogens is 401 g/mol. The maximum atomic E-state index is 14.0. The van der Waals surface area contributed by atoms with Gasteiger partial charge in [-0.2, -0.15) is 0 Å². The van der Waals surface area contributed by atoms with Gasteiger partial charge in [0.1, 0.15) is 11.6 Å². The van der Waals surface area contributed by atoms with Gasteiger partial charge in [-0.1, -0.05) is 23.9 Å². The monoisotopic (exact) mass is 423 g/mol. The van der Waals surface area contributed by atoms with Crippen LogP contribution in [0.3, 0.4) is 0 Å². The Morgan fingerprint density at radius 1 is 1.20 bits per heavy atom. The van der Waals surface area contributed by atoms with E-state index >= 15 is 0 Å². The lowest BCUT2D eigenvalue weighted by molar-refractivity contribution is -0.142. The zero-order valence-corrected chi connectivity index (χ0v) is 17.9. The molecular formula is C23H22FN3O2S. The van der Waals surface area contributed by atoms with Gasteiger partial charge in [-0.3, -0.25) is 4.79 Å². The van der Waals surface area contributed by atoms with E-state index in [1.807, 2.05) is 53.4 Å². The van der Waals surface area contributed by atoms with E-state index in [1.54, 1.807) is 30.9 Å². The Bertz CT molecular complexity index is 1210. The van der Waals surface area contributed by atoms with Gasteiger partial charge in [0.25, 0.3) is 0 Å². The van der Waals surface area contributed by atoms with Crippen LogP contribution in [0.2, 0.25) is 0 Å². The number of ether oxygens (including phenoxy) is 1. The molecule has 0 saturated heterocycles. The summed E-state index contributed by atoms with van der Waals surface area (Å²) in [5.74, 6) is 0.287. The summed E-state index contributed by atoms with van der Waals surface area (Å²) in [6.45, 7) is 4.08. The van der Waals surface area contributed by atoms with Crippen LogP contribution in [0.5, 0.6) is 0 Å². The predicted octanol–water partition coefficient (Wildman–Crippen LogP) is 5.04. The van der Waals surface area contributed by atoms with E-state index in [2.05, 4.69) is 4.98 Å². The Hall–Kier alpha value is -3.06. The summed E-state index contributed by atoms with van der Waals surface area (Å²) >= 11 is 1.54. The third-order valence-electron chi connectivity index (χ3n) is 4.99. The Kier molecular flexibility index (Phi) is 5.63. The van der Waals surface area contributed by atoms with Gasteiger partial charge in [-0.05, 0) is 49.2 Å². The van der Waals surface area contributed by atoms with E-state index in [0.29, 0.717) is 6.61 Å². The molecule has 0 spiro atoms. The normalized spacial score (nSPS) is 11.2. The largest absolute Gasteiger partial charge is 0.466 e. The first-order valence-corrected chi connectivity index (χ1v) is 10.5. The van der Waals surface area contributed by atoms with Crippen LogP contribution in [0.4, 0.5) is 4.39 Å². The second-order valence-corrected chi connectivity index (χ2v) is 8.04. The third-order valence-corrected chi connectivity index (χ3v) is 6.19. The Balaban J connectivity index is 1.70. The van der Waals surface area contributed by atoms with Crippen molar-refractivity contribution in [3.8, 4) is 11.4 Å². The summed E-state index contributed by atoms with van der Waals surface area (Å²) < 4.78 is 22.9. The molecule has 0 aliphatic carbocycles. The molecule has 0 atom stereocenters. The number of esters is 1. The molecule has 0 aliphatic heterocycles. The second kappa shape index (κ2) is 8.36. The number of carbonyl (C=O) groups excluding carboxylic acids is 1. The van der Waals surface area contributed by atoms with Gasteiger partial charge in [0, 0.05) is 36.1 Å². The summed E-state index contributed by atoms with van der Waals surface area (Å²) in [7, 11) is 1.96. The van der Waals surface area contributed by atoms with E-state index in [-0.39, 0.29) is 18.2 Å². The van der Waals surface area contributed by atoms with Gasteiger partial charge in [0.2, 0.25) is 0 Å². The fourth-order valence-corrected chi connectivity index (χ4v) is 4.54. The van der Waals surface area contributed by atoms with Crippen LogP contribution in [0.15, 0.2) is 64.9 Å². The van der Waals surface area contributed by atoms with Gasteiger partial charge in [0.05, 0.1) is 23.6 Å². The van der Waals surface area contributed by atoms with Crippen molar-refractivity contribution in [3.63, 3.8) is 0 Å². The first-order chi connectivity index (χ1) is 14.5. The number of aromatic nitrogens is 3. The van der Waals surface area contributed by atoms with Crippen LogP contribution >= 0.6 is 11.8 Å². The maximum Gasteiger partial charge on any atom is 0.310 e. The molecule has 5 nitrogen and oxygen atoms in total. The van der Waals surface area contributed by atoms with Crippen molar-refractivity contribution in [2.45, 2.75) is 30.2 Å². The minimum absolute atomic E-state index is 0.160. The van der Waals surface area contributed by atoms with Gasteiger partial charge in [0.15, 0.2) is 0 Å². The lowest BCUT2D eigenvalue weighted by atomic mass is 10.1. The summed E-state index contributed by atoms with van der Waals surface area (Å²) in [5.41, 5.74) is 3.65. The average Bonchev–Trinajstić information content (AvgIpc) is 3.26. The first-order valence-electron chi connectivity index (χ1n) is 9.68. The molecule has 154 valence electrons. The van der Waals surface area contributed by atoms with Crippen molar-refractivity contribution in [3.05, 3.63) is 71.9 Å². The molecule has 0 N–H and O–H groups in total. The third kappa shape index (κ3) is 3.85. The minimum atomic E-state index is -0.327. The Morgan fingerprint density at radius 2 is 1.97 bits per heavy atom. The van der Waals surface area contributed by atoms with Crippen LogP contribution < -0.4 is 0 Å². The molecule has 4 rings (SSSR count). The van der Waals surface area contributed by atoms with E-state index in [4.69, 9.17) is 4.74 Å². The molecule has 7 heteroatoms. The summed E-state index contributed by atoms with van der Waals surface area (Å²) in [4.78, 5) is 17.5. The summed E-state index contributed by atoms with van der Waals surface area (Å²) in [5, 5.41) is 0.883. The van der Waals surface area contributed by atoms with Crippen molar-refractivity contribution in [2.24, 2.45) is 7.05 Å². The molecule has 1 aromatic carbocycles. The van der Waals surface area contributed by atoms with Crippen molar-refractivity contribution in [1.29, 1.82) is 0 Å². The number of benzene rings is 1. The fourth-order valence-electron chi connectivity index (χ4n) is 3.52. The minimum Gasteiger partial charge on any atom is -0.466 e. The highest BCUT2D eigenvalue weighted by molar-refractivity contribution is 7.99. The van der Waals surface area contributed by atoms with Crippen LogP contribution in [-0.4, -0.2) is 26.5 Å². The van der Waals surface area contributed by atoms with Crippen LogP contribution in [0, 0.1) is 12.7 Å². The Labute approximate surface area is 178 Å². The zero-order valence-electron chi connectivity index (χ0n) is 17.1. The summed E-state index contributed by atoms with van der Waals surface area (Å²) in [6.07, 6.45) is 5.30. The lowest BCUT2D eigenvalue weighted by Crippen LogP contribution is -2.08. The number of carbonyl (C=O) groups is 1. The molecule has 30 heavy (non-hydrogen) atoms. The smallest absolute Gasteiger partial charge is 0.310 e. The highest BCUT2D eigenvalue weighted by Gasteiger charge is 2.19. The number of halogens is 1. The first kappa shape index (κ1) is 20.2. The molecule has 3 aromatic heterocycles. The molecule has 0 unspecified atom stereocenters. The molecule has 4 aromatic rings. The van der Waals surface area contributed by atoms with Gasteiger partial charge in [-0.25, -0.2) is 9.37 Å². The maximum absolute atomic E-state index is 14.0. The number of fused-ring (bicyclic) bond motifs is 1. The molecule has 0 saturated carbocycles. The van der Waals surface area contributed by atoms with Gasteiger partial charge < -0.3 is 13.7 Å². The predicted molar refractivity (Wildman–Crippen MR) is 115 cm³/mol. The van der Waals surface area contributed by atoms with E-state index in [0.717, 1.165) is 38.0 Å². The molecule has 0 fully saturated rings. The fraction of sp³-hybridized carbons (Fsp3) is 0.217. The number of rotatable bonds is 6. The van der Waals surface area contributed by atoms with Gasteiger partial charge >= 0.3 is 5.97 Å². The van der Waals surface area contributed by atoms with Crippen molar-refractivity contribution < 1.29 is 13.9 Å². The number of nitrogens with zero attached hydrogens (tertiary/aromatic N) is 3. The van der Waals surface area contributed by atoms with Gasteiger partial charge in [-0.15, -0.1) is 0 Å². The van der Waals surface area contributed by atoms with Crippen molar-refractivity contribution in [1.82, 2.24) is 14.0 Å².